The lowest BCUT2D eigenvalue weighted by atomic mass is 9.86. The molecule has 1 amide bonds. The van der Waals surface area contributed by atoms with E-state index in [-0.39, 0.29) is 5.91 Å². The summed E-state index contributed by atoms with van der Waals surface area (Å²) in [5, 5.41) is 13.5. The van der Waals surface area contributed by atoms with Gasteiger partial charge in [0.1, 0.15) is 11.1 Å². The number of anilines is 1. The number of nitriles is 1. The predicted molar refractivity (Wildman–Crippen MR) is 122 cm³/mol. The number of amides is 1. The summed E-state index contributed by atoms with van der Waals surface area (Å²) in [6.07, 6.45) is 4.34. The lowest BCUT2D eigenvalue weighted by Gasteiger charge is -2.34. The number of rotatable bonds is 6. The quantitative estimate of drug-likeness (QED) is 0.767. The van der Waals surface area contributed by atoms with Crippen molar-refractivity contribution < 1.29 is 4.79 Å². The third-order valence-corrected chi connectivity index (χ3v) is 7.56. The van der Waals surface area contributed by atoms with Gasteiger partial charge in [0.2, 0.25) is 5.91 Å². The number of benzene rings is 1. The maximum atomic E-state index is 12.7. The molecule has 6 heteroatoms. The first kappa shape index (κ1) is 21.0. The van der Waals surface area contributed by atoms with E-state index in [9.17, 15) is 10.1 Å². The fraction of sp³-hybridized carbons (Fsp3) is 0.500. The van der Waals surface area contributed by atoms with Crippen molar-refractivity contribution in [1.29, 1.82) is 5.26 Å². The van der Waals surface area contributed by atoms with Crippen LogP contribution in [-0.4, -0.2) is 48.4 Å². The van der Waals surface area contributed by atoms with Crippen LogP contribution in [0.15, 0.2) is 30.3 Å². The van der Waals surface area contributed by atoms with Crippen molar-refractivity contribution in [3.05, 3.63) is 51.9 Å². The summed E-state index contributed by atoms with van der Waals surface area (Å²) < 4.78 is 0. The Hall–Kier alpha value is -2.20. The van der Waals surface area contributed by atoms with Crippen LogP contribution < -0.4 is 5.32 Å². The van der Waals surface area contributed by atoms with Crippen LogP contribution >= 0.6 is 11.3 Å². The Labute approximate surface area is 183 Å². The van der Waals surface area contributed by atoms with Crippen molar-refractivity contribution >= 4 is 22.2 Å². The second-order valence-electron chi connectivity index (χ2n) is 8.42. The maximum absolute atomic E-state index is 12.7. The molecule has 2 aliphatic rings. The van der Waals surface area contributed by atoms with Gasteiger partial charge in [-0.2, -0.15) is 5.26 Å². The van der Waals surface area contributed by atoms with Gasteiger partial charge in [-0.15, -0.1) is 11.3 Å². The van der Waals surface area contributed by atoms with E-state index >= 15 is 0 Å². The number of carbonyl (C=O) groups is 1. The Bertz CT molecular complexity index is 909. The van der Waals surface area contributed by atoms with Gasteiger partial charge in [0.05, 0.1) is 12.1 Å². The van der Waals surface area contributed by atoms with E-state index in [0.717, 1.165) is 57.0 Å². The molecule has 30 heavy (non-hydrogen) atoms. The molecule has 4 rings (SSSR count). The summed E-state index contributed by atoms with van der Waals surface area (Å²) in [5.74, 6) is 0.701. The highest BCUT2D eigenvalue weighted by atomic mass is 32.1. The number of hydrogen-bond donors (Lipinski definition) is 1. The van der Waals surface area contributed by atoms with Crippen LogP contribution in [0, 0.1) is 17.2 Å². The van der Waals surface area contributed by atoms with Gasteiger partial charge in [0.15, 0.2) is 0 Å². The van der Waals surface area contributed by atoms with Crippen LogP contribution in [0.4, 0.5) is 5.00 Å². The average Bonchev–Trinajstić information content (AvgIpc) is 3.11. The predicted octanol–water partition coefficient (Wildman–Crippen LogP) is 3.89. The normalized spacial score (nSPS) is 19.8. The summed E-state index contributed by atoms with van der Waals surface area (Å²) in [6, 6.07) is 12.9. The first-order valence-electron chi connectivity index (χ1n) is 11.0. The first-order valence-corrected chi connectivity index (χ1v) is 11.8. The molecular formula is C24H30N4OS. The molecule has 1 aliphatic heterocycles. The zero-order valence-corrected chi connectivity index (χ0v) is 18.5. The average molecular weight is 423 g/mol. The molecule has 158 valence electrons. The third-order valence-electron chi connectivity index (χ3n) is 6.39. The summed E-state index contributed by atoms with van der Waals surface area (Å²) in [7, 11) is 0. The molecule has 0 bridgehead atoms. The Morgan fingerprint density at radius 3 is 2.63 bits per heavy atom. The zero-order chi connectivity index (χ0) is 20.9. The number of hydrogen-bond acceptors (Lipinski definition) is 5. The number of piperazine rings is 1. The zero-order valence-electron chi connectivity index (χ0n) is 17.7. The van der Waals surface area contributed by atoms with Gasteiger partial charge in [-0.3, -0.25) is 14.6 Å². The molecule has 1 unspecified atom stereocenters. The molecule has 0 spiro atoms. The van der Waals surface area contributed by atoms with Gasteiger partial charge in [-0.05, 0) is 36.3 Å². The minimum Gasteiger partial charge on any atom is -0.315 e. The van der Waals surface area contributed by atoms with Crippen LogP contribution in [0.25, 0.3) is 0 Å². The molecule has 1 aliphatic carbocycles. The van der Waals surface area contributed by atoms with Gasteiger partial charge >= 0.3 is 0 Å². The van der Waals surface area contributed by atoms with Gasteiger partial charge in [-0.1, -0.05) is 43.7 Å². The monoisotopic (exact) mass is 422 g/mol. The highest BCUT2D eigenvalue weighted by molar-refractivity contribution is 7.16. The van der Waals surface area contributed by atoms with Gasteiger partial charge in [-0.25, -0.2) is 0 Å². The highest BCUT2D eigenvalue weighted by Gasteiger charge is 2.26. The van der Waals surface area contributed by atoms with Crippen LogP contribution in [0.1, 0.15) is 41.3 Å². The number of fused-ring (bicyclic) bond motifs is 1. The van der Waals surface area contributed by atoms with E-state index in [4.69, 9.17) is 0 Å². The van der Waals surface area contributed by atoms with E-state index in [2.05, 4.69) is 52.4 Å². The molecule has 1 atom stereocenters. The molecule has 1 fully saturated rings. The van der Waals surface area contributed by atoms with Crippen molar-refractivity contribution in [2.75, 3.05) is 38.0 Å². The fourth-order valence-corrected chi connectivity index (χ4v) is 5.85. The van der Waals surface area contributed by atoms with Gasteiger partial charge in [0, 0.05) is 37.6 Å². The van der Waals surface area contributed by atoms with Gasteiger partial charge < -0.3 is 5.32 Å². The van der Waals surface area contributed by atoms with Crippen LogP contribution in [0.5, 0.6) is 0 Å². The largest absolute Gasteiger partial charge is 0.315 e. The topological polar surface area (TPSA) is 59.4 Å². The molecule has 0 saturated carbocycles. The third kappa shape index (κ3) is 4.92. The van der Waals surface area contributed by atoms with E-state index in [1.165, 1.54) is 22.4 Å². The lowest BCUT2D eigenvalue weighted by molar-refractivity contribution is -0.117. The molecule has 1 aromatic heterocycles. The lowest BCUT2D eigenvalue weighted by Crippen LogP contribution is -2.48. The SMILES string of the molecule is CCC1CCc2c(sc(NC(=O)CN3CCN(Cc4ccccc4)CC3)c2C#N)C1. The number of nitrogens with one attached hydrogen (secondary N) is 1. The molecule has 1 N–H and O–H groups in total. The minimum absolute atomic E-state index is 0.00588. The fourth-order valence-electron chi connectivity index (χ4n) is 4.53. The Morgan fingerprint density at radius 2 is 1.93 bits per heavy atom. The van der Waals surface area contributed by atoms with Crippen molar-refractivity contribution in [1.82, 2.24) is 9.80 Å². The van der Waals surface area contributed by atoms with E-state index in [1.807, 2.05) is 6.07 Å². The number of carbonyl (C=O) groups excluding carboxylic acids is 1. The maximum Gasteiger partial charge on any atom is 0.239 e. The van der Waals surface area contributed by atoms with Crippen molar-refractivity contribution in [3.8, 4) is 6.07 Å². The van der Waals surface area contributed by atoms with Crippen LogP contribution in [-0.2, 0) is 24.2 Å². The van der Waals surface area contributed by atoms with Crippen LogP contribution in [0.3, 0.4) is 0 Å². The Morgan fingerprint density at radius 1 is 1.20 bits per heavy atom. The summed E-state index contributed by atoms with van der Waals surface area (Å²) in [4.78, 5) is 18.6. The van der Waals surface area contributed by atoms with E-state index < -0.39 is 0 Å². The molecule has 0 radical (unpaired) electrons. The molecule has 1 aromatic carbocycles. The molecule has 1 saturated heterocycles. The Balaban J connectivity index is 1.30. The second-order valence-corrected chi connectivity index (χ2v) is 9.53. The first-order chi connectivity index (χ1) is 14.7. The second kappa shape index (κ2) is 9.74. The summed E-state index contributed by atoms with van der Waals surface area (Å²) >= 11 is 1.62. The minimum atomic E-state index is -0.00588. The molecule has 5 nitrogen and oxygen atoms in total. The molecular weight excluding hydrogens is 392 g/mol. The van der Waals surface area contributed by atoms with Crippen molar-refractivity contribution in [3.63, 3.8) is 0 Å². The number of nitrogens with zero attached hydrogens (tertiary/aromatic N) is 3. The van der Waals surface area contributed by atoms with Gasteiger partial charge in [0.25, 0.3) is 0 Å². The standard InChI is InChI=1S/C24H30N4OS/c1-2-18-8-9-20-21(15-25)24(30-22(20)14-18)26-23(29)17-28-12-10-27(11-13-28)16-19-6-4-3-5-7-19/h3-7,18H,2,8-14,16-17H2,1H3,(H,26,29). The van der Waals surface area contributed by atoms with Crippen LogP contribution in [0.2, 0.25) is 0 Å². The van der Waals surface area contributed by atoms with Crippen molar-refractivity contribution in [2.45, 2.75) is 39.2 Å². The Kier molecular flexibility index (Phi) is 6.83. The molecule has 2 aromatic rings. The smallest absolute Gasteiger partial charge is 0.239 e. The molecule has 2 heterocycles. The summed E-state index contributed by atoms with van der Waals surface area (Å²) in [5.41, 5.74) is 3.21. The van der Waals surface area contributed by atoms with Crippen molar-refractivity contribution in [2.24, 2.45) is 5.92 Å². The summed E-state index contributed by atoms with van der Waals surface area (Å²) in [6.45, 7) is 7.32. The van der Waals surface area contributed by atoms with E-state index in [0.29, 0.717) is 18.0 Å². The van der Waals surface area contributed by atoms with E-state index in [1.54, 1.807) is 11.3 Å². The highest BCUT2D eigenvalue weighted by Crippen LogP contribution is 2.39. The number of thiophene rings is 1.